The van der Waals surface area contributed by atoms with Crippen molar-refractivity contribution in [2.45, 2.75) is 13.5 Å². The first-order valence-electron chi connectivity index (χ1n) is 8.08. The van der Waals surface area contributed by atoms with E-state index in [1.165, 1.54) is 6.21 Å². The summed E-state index contributed by atoms with van der Waals surface area (Å²) in [4.78, 5) is 11.8. The van der Waals surface area contributed by atoms with Gasteiger partial charge in [0.25, 0.3) is 0 Å². The number of carbonyl (C=O) groups is 1. The number of furan rings is 1. The summed E-state index contributed by atoms with van der Waals surface area (Å²) in [6, 6.07) is 15.9. The Morgan fingerprint density at radius 1 is 1.15 bits per heavy atom. The summed E-state index contributed by atoms with van der Waals surface area (Å²) >= 11 is 12.0. The van der Waals surface area contributed by atoms with Crippen molar-refractivity contribution in [1.29, 1.82) is 0 Å². The monoisotopic (exact) mass is 402 g/mol. The van der Waals surface area contributed by atoms with Crippen molar-refractivity contribution in [3.05, 3.63) is 87.3 Å². The number of nitrogens with zero attached hydrogens (tertiary/aromatic N) is 1. The van der Waals surface area contributed by atoms with E-state index >= 15 is 0 Å². The lowest BCUT2D eigenvalue weighted by Crippen LogP contribution is -2.16. The van der Waals surface area contributed by atoms with Gasteiger partial charge in [-0.2, -0.15) is 5.10 Å². The molecule has 0 aliphatic heterocycles. The maximum atomic E-state index is 11.8. The molecule has 0 radical (unpaired) electrons. The van der Waals surface area contributed by atoms with Crippen LogP contribution in [0.5, 0.6) is 5.75 Å². The molecule has 27 heavy (non-hydrogen) atoms. The van der Waals surface area contributed by atoms with Gasteiger partial charge in [-0.3, -0.25) is 4.79 Å². The van der Waals surface area contributed by atoms with E-state index in [1.54, 1.807) is 31.2 Å². The van der Waals surface area contributed by atoms with Gasteiger partial charge in [0.05, 0.1) is 6.21 Å². The van der Waals surface area contributed by atoms with Gasteiger partial charge in [-0.1, -0.05) is 29.3 Å². The van der Waals surface area contributed by atoms with E-state index in [-0.39, 0.29) is 5.76 Å². The highest BCUT2D eigenvalue weighted by molar-refractivity contribution is 6.35. The van der Waals surface area contributed by atoms with Gasteiger partial charge in [-0.15, -0.1) is 0 Å². The first-order chi connectivity index (χ1) is 13.0. The summed E-state index contributed by atoms with van der Waals surface area (Å²) in [5, 5.41) is 5.06. The fraction of sp³-hybridized carbons (Fsp3) is 0.100. The molecule has 0 unspecified atom stereocenters. The predicted molar refractivity (Wildman–Crippen MR) is 106 cm³/mol. The van der Waals surface area contributed by atoms with Gasteiger partial charge in [0, 0.05) is 15.6 Å². The second kappa shape index (κ2) is 8.75. The number of halogens is 2. The number of hydrazone groups is 1. The average Bonchev–Trinajstić information content (AvgIpc) is 3.08. The molecule has 1 aromatic heterocycles. The van der Waals surface area contributed by atoms with Crippen LogP contribution in [0.2, 0.25) is 10.0 Å². The Kier molecular flexibility index (Phi) is 6.16. The van der Waals surface area contributed by atoms with Crippen molar-refractivity contribution in [3.63, 3.8) is 0 Å². The molecule has 2 aromatic carbocycles. The third kappa shape index (κ3) is 5.36. The van der Waals surface area contributed by atoms with Gasteiger partial charge in [0.2, 0.25) is 0 Å². The molecule has 0 saturated heterocycles. The zero-order valence-electron chi connectivity index (χ0n) is 14.4. The van der Waals surface area contributed by atoms with Crippen molar-refractivity contribution in [3.8, 4) is 5.75 Å². The number of ether oxygens (including phenoxy) is 1. The summed E-state index contributed by atoms with van der Waals surface area (Å²) < 4.78 is 10.9. The van der Waals surface area contributed by atoms with Crippen molar-refractivity contribution in [1.82, 2.24) is 5.43 Å². The van der Waals surface area contributed by atoms with E-state index in [9.17, 15) is 4.79 Å². The Morgan fingerprint density at radius 3 is 2.59 bits per heavy atom. The lowest BCUT2D eigenvalue weighted by atomic mass is 10.2. The molecule has 1 N–H and O–H groups in total. The van der Waals surface area contributed by atoms with E-state index in [2.05, 4.69) is 10.5 Å². The van der Waals surface area contributed by atoms with Crippen LogP contribution >= 0.6 is 23.2 Å². The molecule has 5 nitrogen and oxygen atoms in total. The molecule has 7 heteroatoms. The normalized spacial score (nSPS) is 10.9. The van der Waals surface area contributed by atoms with Crippen LogP contribution in [0, 0.1) is 6.92 Å². The Morgan fingerprint density at radius 2 is 1.93 bits per heavy atom. The first-order valence-corrected chi connectivity index (χ1v) is 8.83. The third-order valence-corrected chi connectivity index (χ3v) is 4.22. The number of nitrogens with one attached hydrogen (secondary N) is 1. The van der Waals surface area contributed by atoms with Crippen molar-refractivity contribution < 1.29 is 13.9 Å². The number of hydrogen-bond donors (Lipinski definition) is 1. The summed E-state index contributed by atoms with van der Waals surface area (Å²) in [6.45, 7) is 2.10. The number of benzene rings is 2. The summed E-state index contributed by atoms with van der Waals surface area (Å²) in [6.07, 6.45) is 1.54. The topological polar surface area (TPSA) is 63.8 Å². The number of carbonyl (C=O) groups excluding carboxylic acids is 1. The van der Waals surface area contributed by atoms with Crippen LogP contribution in [0.3, 0.4) is 0 Å². The molecule has 3 aromatic rings. The number of rotatable bonds is 6. The number of aryl methyl sites for hydroxylation is 1. The Bertz CT molecular complexity index is 966. The molecule has 1 amide bonds. The van der Waals surface area contributed by atoms with Gasteiger partial charge < -0.3 is 9.15 Å². The van der Waals surface area contributed by atoms with E-state index in [0.29, 0.717) is 28.2 Å². The summed E-state index contributed by atoms with van der Waals surface area (Å²) in [5.74, 6) is 1.17. The fourth-order valence-electron chi connectivity index (χ4n) is 2.23. The minimum Gasteiger partial charge on any atom is -0.489 e. The fourth-order valence-corrected chi connectivity index (χ4v) is 2.69. The zero-order valence-corrected chi connectivity index (χ0v) is 15.9. The molecule has 1 heterocycles. The Balaban J connectivity index is 1.53. The molecule has 3 rings (SSSR count). The molecule has 0 fully saturated rings. The third-order valence-electron chi connectivity index (χ3n) is 3.63. The van der Waals surface area contributed by atoms with Gasteiger partial charge in [-0.05, 0) is 61.0 Å². The standard InChI is InChI=1S/C20H16Cl2N2O3/c1-13-2-9-19(27-13)20(25)24-23-11-14-3-7-17(8-4-14)26-12-15-5-6-16(21)10-18(15)22/h2-11H,12H2,1H3,(H,24,25)/b23-11-. The summed E-state index contributed by atoms with van der Waals surface area (Å²) in [7, 11) is 0. The van der Waals surface area contributed by atoms with Crippen LogP contribution in [-0.2, 0) is 6.61 Å². The van der Waals surface area contributed by atoms with Gasteiger partial charge in [0.15, 0.2) is 5.76 Å². The molecule has 0 spiro atoms. The van der Waals surface area contributed by atoms with E-state index < -0.39 is 5.91 Å². The quantitative estimate of drug-likeness (QED) is 0.452. The predicted octanol–water partition coefficient (Wildman–Crippen LogP) is 5.24. The highest BCUT2D eigenvalue weighted by atomic mass is 35.5. The van der Waals surface area contributed by atoms with Gasteiger partial charge in [0.1, 0.15) is 18.1 Å². The number of amides is 1. The van der Waals surface area contributed by atoms with Crippen LogP contribution in [0.4, 0.5) is 0 Å². The molecular weight excluding hydrogens is 387 g/mol. The average molecular weight is 403 g/mol. The molecule has 0 aliphatic rings. The van der Waals surface area contributed by atoms with Crippen molar-refractivity contribution in [2.75, 3.05) is 0 Å². The SMILES string of the molecule is Cc1ccc(C(=O)N/N=C\c2ccc(OCc3ccc(Cl)cc3Cl)cc2)o1. The Labute approximate surface area is 166 Å². The lowest BCUT2D eigenvalue weighted by Gasteiger charge is -2.08. The largest absolute Gasteiger partial charge is 0.489 e. The van der Waals surface area contributed by atoms with E-state index in [1.807, 2.05) is 30.3 Å². The zero-order chi connectivity index (χ0) is 19.2. The van der Waals surface area contributed by atoms with Crippen molar-refractivity contribution in [2.24, 2.45) is 5.10 Å². The van der Waals surface area contributed by atoms with E-state index in [0.717, 1.165) is 11.1 Å². The molecule has 138 valence electrons. The van der Waals surface area contributed by atoms with Crippen LogP contribution in [0.15, 0.2) is 64.1 Å². The maximum Gasteiger partial charge on any atom is 0.307 e. The van der Waals surface area contributed by atoms with Crippen molar-refractivity contribution >= 4 is 35.3 Å². The smallest absolute Gasteiger partial charge is 0.307 e. The minimum absolute atomic E-state index is 0.217. The molecule has 0 atom stereocenters. The van der Waals surface area contributed by atoms with Gasteiger partial charge >= 0.3 is 5.91 Å². The highest BCUT2D eigenvalue weighted by Crippen LogP contribution is 2.22. The molecule has 0 aliphatic carbocycles. The minimum atomic E-state index is -0.404. The molecular formula is C20H16Cl2N2O3. The number of hydrogen-bond acceptors (Lipinski definition) is 4. The highest BCUT2D eigenvalue weighted by Gasteiger charge is 2.08. The van der Waals surface area contributed by atoms with Crippen LogP contribution in [-0.4, -0.2) is 12.1 Å². The van der Waals surface area contributed by atoms with Gasteiger partial charge in [-0.25, -0.2) is 5.43 Å². The van der Waals surface area contributed by atoms with Crippen LogP contribution < -0.4 is 10.2 Å². The first kappa shape index (κ1) is 19.0. The van der Waals surface area contributed by atoms with E-state index in [4.69, 9.17) is 32.4 Å². The molecule has 0 bridgehead atoms. The maximum absolute atomic E-state index is 11.8. The second-order valence-electron chi connectivity index (χ2n) is 5.70. The van der Waals surface area contributed by atoms with Crippen LogP contribution in [0.25, 0.3) is 0 Å². The second-order valence-corrected chi connectivity index (χ2v) is 6.55. The Hall–Kier alpha value is -2.76. The van der Waals surface area contributed by atoms with Crippen LogP contribution in [0.1, 0.15) is 27.4 Å². The summed E-state index contributed by atoms with van der Waals surface area (Å²) in [5.41, 5.74) is 4.07. The molecule has 0 saturated carbocycles. The lowest BCUT2D eigenvalue weighted by molar-refractivity contribution is 0.0926.